The quantitative estimate of drug-likeness (QED) is 0.815. The van der Waals surface area contributed by atoms with E-state index in [1.54, 1.807) is 0 Å². The third-order valence-corrected chi connectivity index (χ3v) is 4.83. The Bertz CT molecular complexity index is 705. The van der Waals surface area contributed by atoms with E-state index in [2.05, 4.69) is 85.2 Å². The van der Waals surface area contributed by atoms with Gasteiger partial charge in [-0.3, -0.25) is 0 Å². The average Bonchev–Trinajstić information content (AvgIpc) is 2.58. The van der Waals surface area contributed by atoms with Crippen molar-refractivity contribution >= 4 is 5.69 Å². The van der Waals surface area contributed by atoms with Crippen molar-refractivity contribution in [3.63, 3.8) is 0 Å². The summed E-state index contributed by atoms with van der Waals surface area (Å²) in [6.45, 7) is 4.55. The first-order chi connectivity index (χ1) is 10.2. The molecule has 106 valence electrons. The normalized spacial score (nSPS) is 29.7. The Balaban J connectivity index is 1.77. The smallest absolute Gasteiger partial charge is 0.0984 e. The summed E-state index contributed by atoms with van der Waals surface area (Å²) < 4.78 is 0. The van der Waals surface area contributed by atoms with Crippen LogP contribution in [0.25, 0.3) is 0 Å². The molecule has 2 aliphatic heterocycles. The molecular weight excluding hydrogens is 256 g/mol. The fourth-order valence-corrected chi connectivity index (χ4v) is 3.58. The molecule has 0 spiro atoms. The second-order valence-electron chi connectivity index (χ2n) is 6.27. The van der Waals surface area contributed by atoms with E-state index in [9.17, 15) is 0 Å². The van der Waals surface area contributed by atoms with E-state index < -0.39 is 0 Å². The highest BCUT2D eigenvalue weighted by Gasteiger charge is 2.49. The van der Waals surface area contributed by atoms with Crippen LogP contribution in [0.4, 0.5) is 5.69 Å². The van der Waals surface area contributed by atoms with Crippen molar-refractivity contribution in [1.82, 2.24) is 5.32 Å². The third-order valence-electron chi connectivity index (χ3n) is 4.83. The lowest BCUT2D eigenvalue weighted by molar-refractivity contribution is 0.301. The minimum absolute atomic E-state index is 0.0534. The number of anilines is 1. The highest BCUT2D eigenvalue weighted by Crippen LogP contribution is 2.47. The first kappa shape index (κ1) is 12.5. The molecule has 0 radical (unpaired) electrons. The predicted molar refractivity (Wildman–Crippen MR) is 87.3 cm³/mol. The van der Waals surface area contributed by atoms with Crippen LogP contribution in [0.2, 0.25) is 0 Å². The summed E-state index contributed by atoms with van der Waals surface area (Å²) in [5.74, 6) is 0.426. The van der Waals surface area contributed by atoms with Crippen LogP contribution in [0.3, 0.4) is 0 Å². The van der Waals surface area contributed by atoms with Gasteiger partial charge < -0.3 is 10.6 Å². The molecule has 2 heteroatoms. The van der Waals surface area contributed by atoms with Gasteiger partial charge >= 0.3 is 0 Å². The third kappa shape index (κ3) is 1.79. The van der Waals surface area contributed by atoms with E-state index in [1.807, 2.05) is 0 Å². The molecule has 2 aliphatic rings. The van der Waals surface area contributed by atoms with Crippen molar-refractivity contribution in [2.45, 2.75) is 31.3 Å². The monoisotopic (exact) mass is 276 g/mol. The van der Waals surface area contributed by atoms with Gasteiger partial charge in [0.2, 0.25) is 0 Å². The van der Waals surface area contributed by atoms with Crippen molar-refractivity contribution in [2.75, 3.05) is 5.32 Å². The Labute approximate surface area is 125 Å². The van der Waals surface area contributed by atoms with Crippen molar-refractivity contribution in [1.29, 1.82) is 0 Å². The van der Waals surface area contributed by atoms with E-state index in [1.165, 1.54) is 22.5 Å². The maximum Gasteiger partial charge on any atom is 0.0984 e. The molecule has 2 nitrogen and oxygen atoms in total. The maximum atomic E-state index is 3.78. The summed E-state index contributed by atoms with van der Waals surface area (Å²) in [5.41, 5.74) is 5.20. The number of fused-ring (bicyclic) bond motifs is 2. The molecule has 2 N–H and O–H groups in total. The Morgan fingerprint density at radius 1 is 0.952 bits per heavy atom. The topological polar surface area (TPSA) is 24.1 Å². The van der Waals surface area contributed by atoms with Crippen LogP contribution in [0.5, 0.6) is 0 Å². The molecule has 3 atom stereocenters. The molecule has 0 bridgehead atoms. The van der Waals surface area contributed by atoms with Gasteiger partial charge in [-0.25, -0.2) is 0 Å². The SMILES string of the molecule is CC1C=C2NC(c3ccccc3)[C@]2(C)Nc2ccccc21. The van der Waals surface area contributed by atoms with Crippen LogP contribution in [-0.2, 0) is 0 Å². The lowest BCUT2D eigenvalue weighted by Crippen LogP contribution is -2.61. The van der Waals surface area contributed by atoms with Crippen molar-refractivity contribution in [2.24, 2.45) is 0 Å². The molecule has 0 aliphatic carbocycles. The number of para-hydroxylation sites is 1. The lowest BCUT2D eigenvalue weighted by atomic mass is 9.76. The van der Waals surface area contributed by atoms with Crippen molar-refractivity contribution in [3.05, 3.63) is 77.5 Å². The van der Waals surface area contributed by atoms with Crippen LogP contribution in [0, 0.1) is 0 Å². The summed E-state index contributed by atoms with van der Waals surface area (Å²) in [6.07, 6.45) is 2.36. The summed E-state index contributed by atoms with van der Waals surface area (Å²) in [7, 11) is 0. The number of nitrogens with one attached hydrogen (secondary N) is 2. The van der Waals surface area contributed by atoms with Crippen LogP contribution in [0.15, 0.2) is 66.4 Å². The Kier molecular flexibility index (Phi) is 2.61. The second kappa shape index (κ2) is 4.39. The largest absolute Gasteiger partial charge is 0.377 e. The van der Waals surface area contributed by atoms with E-state index >= 15 is 0 Å². The van der Waals surface area contributed by atoms with Gasteiger partial charge in [0.1, 0.15) is 0 Å². The van der Waals surface area contributed by atoms with Gasteiger partial charge in [0.15, 0.2) is 0 Å². The zero-order valence-corrected chi connectivity index (χ0v) is 12.4. The molecule has 21 heavy (non-hydrogen) atoms. The molecule has 0 aromatic heterocycles. The molecule has 4 rings (SSSR count). The Morgan fingerprint density at radius 3 is 2.48 bits per heavy atom. The van der Waals surface area contributed by atoms with Gasteiger partial charge in [0.25, 0.3) is 0 Å². The highest BCUT2D eigenvalue weighted by molar-refractivity contribution is 5.62. The van der Waals surface area contributed by atoms with Crippen molar-refractivity contribution in [3.8, 4) is 0 Å². The summed E-state index contributed by atoms with van der Waals surface area (Å²) >= 11 is 0. The molecule has 1 saturated heterocycles. The lowest BCUT2D eigenvalue weighted by Gasteiger charge is -2.51. The molecule has 2 heterocycles. The predicted octanol–water partition coefficient (Wildman–Crippen LogP) is 4.20. The minimum atomic E-state index is -0.0534. The Morgan fingerprint density at radius 2 is 1.67 bits per heavy atom. The van der Waals surface area contributed by atoms with Crippen LogP contribution >= 0.6 is 0 Å². The number of benzene rings is 2. The van der Waals surface area contributed by atoms with E-state index in [0.29, 0.717) is 12.0 Å². The first-order valence-electron chi connectivity index (χ1n) is 7.59. The fourth-order valence-electron chi connectivity index (χ4n) is 3.58. The van der Waals surface area contributed by atoms with Crippen LogP contribution < -0.4 is 10.6 Å². The van der Waals surface area contributed by atoms with E-state index in [-0.39, 0.29) is 5.54 Å². The van der Waals surface area contributed by atoms with Gasteiger partial charge in [0, 0.05) is 17.3 Å². The van der Waals surface area contributed by atoms with Gasteiger partial charge in [-0.1, -0.05) is 61.5 Å². The number of rotatable bonds is 1. The standard InChI is InChI=1S/C19H20N2/c1-13-12-17-19(2,21-16-11-7-6-10-15(13)16)18(20-17)14-8-4-3-5-9-14/h3-13,18,20-21H,1-2H3/t13?,18?,19-/m1/s1. The fraction of sp³-hybridized carbons (Fsp3) is 0.263. The second-order valence-corrected chi connectivity index (χ2v) is 6.27. The zero-order chi connectivity index (χ0) is 14.4. The van der Waals surface area contributed by atoms with Gasteiger partial charge in [-0.05, 0) is 24.1 Å². The Hall–Kier alpha value is -2.22. The molecule has 0 saturated carbocycles. The van der Waals surface area contributed by atoms with Crippen LogP contribution in [-0.4, -0.2) is 5.54 Å². The average molecular weight is 276 g/mol. The molecule has 2 aromatic carbocycles. The van der Waals surface area contributed by atoms with Gasteiger partial charge in [-0.2, -0.15) is 0 Å². The number of allylic oxidation sites excluding steroid dienone is 1. The van der Waals surface area contributed by atoms with E-state index in [4.69, 9.17) is 0 Å². The van der Waals surface area contributed by atoms with Crippen LogP contribution in [0.1, 0.15) is 36.9 Å². The van der Waals surface area contributed by atoms with Gasteiger partial charge in [-0.15, -0.1) is 0 Å². The molecule has 2 aromatic rings. The number of hydrogen-bond acceptors (Lipinski definition) is 2. The van der Waals surface area contributed by atoms with Crippen molar-refractivity contribution < 1.29 is 0 Å². The van der Waals surface area contributed by atoms with E-state index in [0.717, 1.165) is 0 Å². The zero-order valence-electron chi connectivity index (χ0n) is 12.4. The molecule has 1 fully saturated rings. The summed E-state index contributed by atoms with van der Waals surface area (Å²) in [5, 5.41) is 7.43. The summed E-state index contributed by atoms with van der Waals surface area (Å²) in [6, 6.07) is 19.6. The molecule has 0 amide bonds. The number of hydrogen-bond donors (Lipinski definition) is 2. The van der Waals surface area contributed by atoms with Gasteiger partial charge in [0.05, 0.1) is 11.6 Å². The highest BCUT2D eigenvalue weighted by atomic mass is 15.2. The molecular formula is C19H20N2. The summed E-state index contributed by atoms with van der Waals surface area (Å²) in [4.78, 5) is 0. The molecule has 2 unspecified atom stereocenters. The minimum Gasteiger partial charge on any atom is -0.377 e. The first-order valence-corrected chi connectivity index (χ1v) is 7.59. The maximum absolute atomic E-state index is 3.78.